The lowest BCUT2D eigenvalue weighted by molar-refractivity contribution is 0.588. The molecule has 0 amide bonds. The number of hydrogen-bond acceptors (Lipinski definition) is 5. The zero-order chi connectivity index (χ0) is 12.6. The molecule has 2 N–H and O–H groups in total. The molecule has 0 fully saturated rings. The van der Waals surface area contributed by atoms with E-state index in [2.05, 4.69) is 9.97 Å². The Morgan fingerprint density at radius 1 is 1.41 bits per heavy atom. The highest BCUT2D eigenvalue weighted by Gasteiger charge is 2.26. The summed E-state index contributed by atoms with van der Waals surface area (Å²) in [5.41, 5.74) is 8.22. The van der Waals surface area contributed by atoms with Crippen LogP contribution in [0.4, 0.5) is 0 Å². The molecule has 1 unspecified atom stereocenters. The van der Waals surface area contributed by atoms with E-state index in [1.54, 1.807) is 0 Å². The van der Waals surface area contributed by atoms with Crippen LogP contribution in [0.3, 0.4) is 0 Å². The maximum absolute atomic E-state index is 11.6. The standard InChI is InChI=1S/C11H17N3O2S/c1-7(12)5-11-9-6-17(15,16)4-3-10(9)13-8(2)14-11/h7H,3-6,12H2,1-2H3. The third kappa shape index (κ3) is 2.81. The van der Waals surface area contributed by atoms with Crippen LogP contribution in [0.2, 0.25) is 0 Å². The van der Waals surface area contributed by atoms with Gasteiger partial charge < -0.3 is 5.73 Å². The monoisotopic (exact) mass is 255 g/mol. The number of sulfone groups is 1. The van der Waals surface area contributed by atoms with Gasteiger partial charge in [0.15, 0.2) is 9.84 Å². The van der Waals surface area contributed by atoms with Gasteiger partial charge in [-0.05, 0) is 13.8 Å². The van der Waals surface area contributed by atoms with Gasteiger partial charge in [-0.15, -0.1) is 0 Å². The molecule has 0 saturated carbocycles. The lowest BCUT2D eigenvalue weighted by Crippen LogP contribution is -2.26. The molecule has 1 aromatic rings. The molecule has 0 spiro atoms. The van der Waals surface area contributed by atoms with Crippen molar-refractivity contribution >= 4 is 9.84 Å². The van der Waals surface area contributed by atoms with Crippen molar-refractivity contribution in [2.45, 2.75) is 38.5 Å². The predicted molar refractivity (Wildman–Crippen MR) is 65.3 cm³/mol. The fourth-order valence-electron chi connectivity index (χ4n) is 2.11. The summed E-state index contributed by atoms with van der Waals surface area (Å²) in [6.45, 7) is 3.72. The number of nitrogens with two attached hydrogens (primary N) is 1. The average Bonchev–Trinajstić information content (AvgIpc) is 2.17. The Hall–Kier alpha value is -1.01. The molecule has 0 saturated heterocycles. The average molecular weight is 255 g/mol. The number of aromatic nitrogens is 2. The summed E-state index contributed by atoms with van der Waals surface area (Å²) < 4.78 is 23.3. The second-order valence-corrected chi connectivity index (χ2v) is 6.85. The lowest BCUT2D eigenvalue weighted by Gasteiger charge is -2.19. The quantitative estimate of drug-likeness (QED) is 0.812. The van der Waals surface area contributed by atoms with Crippen molar-refractivity contribution in [1.82, 2.24) is 9.97 Å². The lowest BCUT2D eigenvalue weighted by atomic mass is 10.1. The number of hydrogen-bond donors (Lipinski definition) is 1. The minimum atomic E-state index is -2.99. The van der Waals surface area contributed by atoms with Gasteiger partial charge in [0.1, 0.15) is 5.82 Å². The molecule has 5 nitrogen and oxygen atoms in total. The first-order chi connectivity index (χ1) is 7.87. The maximum Gasteiger partial charge on any atom is 0.154 e. The van der Waals surface area contributed by atoms with Gasteiger partial charge in [-0.2, -0.15) is 0 Å². The predicted octanol–water partition coefficient (Wildman–Crippen LogP) is 0.146. The van der Waals surface area contributed by atoms with Crippen LogP contribution in [0.15, 0.2) is 0 Å². The maximum atomic E-state index is 11.6. The van der Waals surface area contributed by atoms with E-state index in [1.807, 2.05) is 13.8 Å². The topological polar surface area (TPSA) is 85.9 Å². The highest BCUT2D eigenvalue weighted by molar-refractivity contribution is 7.90. The van der Waals surface area contributed by atoms with Crippen molar-refractivity contribution in [1.29, 1.82) is 0 Å². The summed E-state index contributed by atoms with van der Waals surface area (Å²) in [6, 6.07) is -0.0296. The summed E-state index contributed by atoms with van der Waals surface area (Å²) in [7, 11) is -2.99. The number of rotatable bonds is 2. The van der Waals surface area contributed by atoms with Crippen LogP contribution in [0.25, 0.3) is 0 Å². The molecule has 17 heavy (non-hydrogen) atoms. The van der Waals surface area contributed by atoms with Gasteiger partial charge >= 0.3 is 0 Å². The molecule has 94 valence electrons. The van der Waals surface area contributed by atoms with Gasteiger partial charge in [-0.1, -0.05) is 0 Å². The van der Waals surface area contributed by atoms with Crippen molar-refractivity contribution < 1.29 is 8.42 Å². The Morgan fingerprint density at radius 2 is 2.12 bits per heavy atom. The molecular weight excluding hydrogens is 238 g/mol. The Balaban J connectivity index is 2.49. The molecular formula is C11H17N3O2S. The van der Waals surface area contributed by atoms with Crippen molar-refractivity contribution in [3.05, 3.63) is 22.8 Å². The Labute approximate surface area is 101 Å². The zero-order valence-electron chi connectivity index (χ0n) is 10.1. The van der Waals surface area contributed by atoms with Crippen LogP contribution in [0.1, 0.15) is 29.7 Å². The minimum Gasteiger partial charge on any atom is -0.328 e. The van der Waals surface area contributed by atoms with E-state index in [-0.39, 0.29) is 17.5 Å². The summed E-state index contributed by atoms with van der Waals surface area (Å²) >= 11 is 0. The van der Waals surface area contributed by atoms with E-state index in [1.165, 1.54) is 0 Å². The van der Waals surface area contributed by atoms with Gasteiger partial charge in [0.2, 0.25) is 0 Å². The first kappa shape index (κ1) is 12.4. The van der Waals surface area contributed by atoms with Gasteiger partial charge in [0, 0.05) is 30.1 Å². The number of aryl methyl sites for hydroxylation is 2. The summed E-state index contributed by atoms with van der Waals surface area (Å²) in [5.74, 6) is 0.942. The molecule has 0 radical (unpaired) electrons. The van der Waals surface area contributed by atoms with Crippen molar-refractivity contribution in [2.75, 3.05) is 5.75 Å². The summed E-state index contributed by atoms with van der Waals surface area (Å²) in [4.78, 5) is 8.67. The second-order valence-electron chi connectivity index (χ2n) is 4.67. The van der Waals surface area contributed by atoms with E-state index < -0.39 is 9.84 Å². The van der Waals surface area contributed by atoms with Crippen molar-refractivity contribution in [3.63, 3.8) is 0 Å². The normalized spacial score (nSPS) is 19.7. The van der Waals surface area contributed by atoms with Crippen molar-refractivity contribution in [3.8, 4) is 0 Å². The van der Waals surface area contributed by atoms with E-state index in [0.29, 0.717) is 18.7 Å². The van der Waals surface area contributed by atoms with Crippen LogP contribution in [-0.2, 0) is 28.4 Å². The SMILES string of the molecule is Cc1nc2c(c(CC(C)N)n1)CS(=O)(=O)CC2. The third-order valence-corrected chi connectivity index (χ3v) is 4.37. The van der Waals surface area contributed by atoms with Crippen LogP contribution < -0.4 is 5.73 Å². The van der Waals surface area contributed by atoms with Crippen molar-refractivity contribution in [2.24, 2.45) is 5.73 Å². The molecule has 0 bridgehead atoms. The fourth-order valence-corrected chi connectivity index (χ4v) is 3.53. The first-order valence-electron chi connectivity index (χ1n) is 5.68. The van der Waals surface area contributed by atoms with Crippen LogP contribution in [0.5, 0.6) is 0 Å². The number of nitrogens with zero attached hydrogens (tertiary/aromatic N) is 2. The first-order valence-corrected chi connectivity index (χ1v) is 7.51. The smallest absolute Gasteiger partial charge is 0.154 e. The highest BCUT2D eigenvalue weighted by atomic mass is 32.2. The molecule has 1 aliphatic rings. The molecule has 2 rings (SSSR count). The molecule has 0 aliphatic carbocycles. The molecule has 6 heteroatoms. The molecule has 1 aromatic heterocycles. The minimum absolute atomic E-state index is 0.0296. The molecule has 1 aliphatic heterocycles. The number of fused-ring (bicyclic) bond motifs is 1. The highest BCUT2D eigenvalue weighted by Crippen LogP contribution is 2.22. The Bertz CT molecular complexity index is 538. The molecule has 0 aromatic carbocycles. The van der Waals surface area contributed by atoms with E-state index >= 15 is 0 Å². The van der Waals surface area contributed by atoms with Crippen LogP contribution in [0, 0.1) is 6.92 Å². The van der Waals surface area contributed by atoms with Gasteiger partial charge in [0.25, 0.3) is 0 Å². The zero-order valence-corrected chi connectivity index (χ0v) is 10.9. The summed E-state index contributed by atoms with van der Waals surface area (Å²) in [6.07, 6.45) is 1.09. The largest absolute Gasteiger partial charge is 0.328 e. The molecule has 2 heterocycles. The Kier molecular flexibility index (Phi) is 3.18. The van der Waals surface area contributed by atoms with Gasteiger partial charge in [-0.3, -0.25) is 0 Å². The van der Waals surface area contributed by atoms with Gasteiger partial charge in [0.05, 0.1) is 17.2 Å². The van der Waals surface area contributed by atoms with E-state index in [4.69, 9.17) is 5.73 Å². The third-order valence-electron chi connectivity index (χ3n) is 2.82. The molecule has 1 atom stereocenters. The van der Waals surface area contributed by atoms with Crippen LogP contribution in [-0.4, -0.2) is 30.2 Å². The second kappa shape index (κ2) is 4.34. The van der Waals surface area contributed by atoms with Crippen LogP contribution >= 0.6 is 0 Å². The van der Waals surface area contributed by atoms with E-state index in [9.17, 15) is 8.42 Å². The fraction of sp³-hybridized carbons (Fsp3) is 0.636. The Morgan fingerprint density at radius 3 is 2.76 bits per heavy atom. The summed E-state index contributed by atoms with van der Waals surface area (Å²) in [5, 5.41) is 0. The van der Waals surface area contributed by atoms with Gasteiger partial charge in [-0.25, -0.2) is 18.4 Å². The van der Waals surface area contributed by atoms with E-state index in [0.717, 1.165) is 17.0 Å².